The summed E-state index contributed by atoms with van der Waals surface area (Å²) in [4.78, 5) is 15.3. The number of methoxy groups -OCH3 is 1. The molecule has 16 heavy (non-hydrogen) atoms. The molecule has 0 saturated heterocycles. The standard InChI is InChI=1S/C11H8ClNO2S/c1-15-7-2-3-9(10(12)4-7)11-13-5-8(6-14)16-11/h2-6H,1H3. The first kappa shape index (κ1) is 11.1. The molecule has 1 heterocycles. The Morgan fingerprint density at radius 3 is 2.88 bits per heavy atom. The normalized spacial score (nSPS) is 10.1. The molecule has 0 atom stereocenters. The molecule has 5 heteroatoms. The maximum absolute atomic E-state index is 10.6. The van der Waals surface area contributed by atoms with Gasteiger partial charge in [-0.3, -0.25) is 4.79 Å². The van der Waals surface area contributed by atoms with E-state index in [1.165, 1.54) is 17.5 Å². The molecule has 0 spiro atoms. The van der Waals surface area contributed by atoms with Crippen LogP contribution in [-0.2, 0) is 0 Å². The molecule has 1 aromatic carbocycles. The second-order valence-corrected chi connectivity index (χ2v) is 4.50. The Morgan fingerprint density at radius 1 is 1.50 bits per heavy atom. The zero-order chi connectivity index (χ0) is 11.5. The molecule has 0 amide bonds. The van der Waals surface area contributed by atoms with Crippen LogP contribution in [0.1, 0.15) is 9.67 Å². The van der Waals surface area contributed by atoms with Crippen molar-refractivity contribution >= 4 is 29.2 Å². The van der Waals surface area contributed by atoms with Gasteiger partial charge in [0.25, 0.3) is 0 Å². The highest BCUT2D eigenvalue weighted by Crippen LogP contribution is 2.33. The number of ether oxygens (including phenoxy) is 1. The van der Waals surface area contributed by atoms with Gasteiger partial charge in [0.2, 0.25) is 0 Å². The van der Waals surface area contributed by atoms with Crippen LogP contribution in [0.15, 0.2) is 24.4 Å². The lowest BCUT2D eigenvalue weighted by Crippen LogP contribution is -1.83. The van der Waals surface area contributed by atoms with Gasteiger partial charge in [0.15, 0.2) is 6.29 Å². The van der Waals surface area contributed by atoms with Crippen molar-refractivity contribution in [3.05, 3.63) is 34.3 Å². The van der Waals surface area contributed by atoms with Gasteiger partial charge in [0.1, 0.15) is 10.8 Å². The number of carbonyl (C=O) groups excluding carboxylic acids is 1. The zero-order valence-corrected chi connectivity index (χ0v) is 10.0. The van der Waals surface area contributed by atoms with Crippen molar-refractivity contribution in [2.75, 3.05) is 7.11 Å². The second-order valence-electron chi connectivity index (χ2n) is 3.03. The highest BCUT2D eigenvalue weighted by atomic mass is 35.5. The molecule has 0 aliphatic heterocycles. The van der Waals surface area contributed by atoms with E-state index in [0.717, 1.165) is 16.9 Å². The fourth-order valence-electron chi connectivity index (χ4n) is 1.26. The number of carbonyl (C=O) groups is 1. The Labute approximate surface area is 102 Å². The van der Waals surface area contributed by atoms with Crippen molar-refractivity contribution in [2.24, 2.45) is 0 Å². The Balaban J connectivity index is 2.43. The molecular weight excluding hydrogens is 246 g/mol. The molecule has 0 radical (unpaired) electrons. The monoisotopic (exact) mass is 253 g/mol. The van der Waals surface area contributed by atoms with Crippen LogP contribution in [0, 0.1) is 0 Å². The zero-order valence-electron chi connectivity index (χ0n) is 8.44. The maximum atomic E-state index is 10.6. The number of benzene rings is 1. The molecule has 1 aromatic heterocycles. The van der Waals surface area contributed by atoms with E-state index in [-0.39, 0.29) is 0 Å². The van der Waals surface area contributed by atoms with Crippen LogP contribution in [0.3, 0.4) is 0 Å². The molecule has 0 bridgehead atoms. The minimum absolute atomic E-state index is 0.561. The van der Waals surface area contributed by atoms with E-state index < -0.39 is 0 Å². The van der Waals surface area contributed by atoms with Crippen LogP contribution < -0.4 is 4.74 Å². The van der Waals surface area contributed by atoms with Gasteiger partial charge in [0, 0.05) is 11.8 Å². The molecule has 3 nitrogen and oxygen atoms in total. The summed E-state index contributed by atoms with van der Waals surface area (Å²) in [6.45, 7) is 0. The lowest BCUT2D eigenvalue weighted by atomic mass is 10.2. The van der Waals surface area contributed by atoms with Crippen LogP contribution in [-0.4, -0.2) is 18.4 Å². The van der Waals surface area contributed by atoms with Gasteiger partial charge in [-0.1, -0.05) is 11.6 Å². The third kappa shape index (κ3) is 2.08. The van der Waals surface area contributed by atoms with E-state index in [2.05, 4.69) is 4.98 Å². The predicted molar refractivity (Wildman–Crippen MR) is 64.5 cm³/mol. The molecule has 0 fully saturated rings. The number of rotatable bonds is 3. The fourth-order valence-corrected chi connectivity index (χ4v) is 2.35. The molecule has 0 unspecified atom stereocenters. The van der Waals surface area contributed by atoms with E-state index in [9.17, 15) is 4.79 Å². The molecule has 0 aliphatic rings. The van der Waals surface area contributed by atoms with Crippen molar-refractivity contribution in [3.63, 3.8) is 0 Å². The maximum Gasteiger partial charge on any atom is 0.161 e. The summed E-state index contributed by atoms with van der Waals surface area (Å²) in [7, 11) is 1.58. The smallest absolute Gasteiger partial charge is 0.161 e. The Bertz CT molecular complexity index is 524. The topological polar surface area (TPSA) is 39.2 Å². The molecule has 2 aromatic rings. The largest absolute Gasteiger partial charge is 0.497 e. The predicted octanol–water partition coefficient (Wildman–Crippen LogP) is 3.28. The van der Waals surface area contributed by atoms with Crippen molar-refractivity contribution in [1.82, 2.24) is 4.98 Å². The van der Waals surface area contributed by atoms with E-state index in [1.807, 2.05) is 12.1 Å². The summed E-state index contributed by atoms with van der Waals surface area (Å²) < 4.78 is 5.05. The average molecular weight is 254 g/mol. The van der Waals surface area contributed by atoms with Gasteiger partial charge in [0.05, 0.1) is 17.0 Å². The number of nitrogens with zero attached hydrogens (tertiary/aromatic N) is 1. The summed E-state index contributed by atoms with van der Waals surface area (Å²) in [5, 5.41) is 1.29. The molecular formula is C11H8ClNO2S. The van der Waals surface area contributed by atoms with Gasteiger partial charge in [-0.05, 0) is 18.2 Å². The first-order valence-electron chi connectivity index (χ1n) is 4.49. The van der Waals surface area contributed by atoms with Gasteiger partial charge in [-0.25, -0.2) is 4.98 Å². The lowest BCUT2D eigenvalue weighted by molar-refractivity contribution is 0.112. The van der Waals surface area contributed by atoms with E-state index in [1.54, 1.807) is 13.2 Å². The summed E-state index contributed by atoms with van der Waals surface area (Å²) in [6.07, 6.45) is 2.31. The van der Waals surface area contributed by atoms with Crippen molar-refractivity contribution in [1.29, 1.82) is 0 Å². The lowest BCUT2D eigenvalue weighted by Gasteiger charge is -2.03. The second kappa shape index (κ2) is 4.63. The molecule has 2 rings (SSSR count). The third-order valence-electron chi connectivity index (χ3n) is 2.05. The summed E-state index contributed by atoms with van der Waals surface area (Å²) >= 11 is 7.40. The molecule has 0 saturated carbocycles. The number of aromatic nitrogens is 1. The fraction of sp³-hybridized carbons (Fsp3) is 0.0909. The van der Waals surface area contributed by atoms with Crippen LogP contribution >= 0.6 is 22.9 Å². The molecule has 82 valence electrons. The van der Waals surface area contributed by atoms with Crippen molar-refractivity contribution < 1.29 is 9.53 Å². The first-order valence-corrected chi connectivity index (χ1v) is 5.69. The van der Waals surface area contributed by atoms with Gasteiger partial charge >= 0.3 is 0 Å². The number of hydrogen-bond donors (Lipinski definition) is 0. The third-order valence-corrected chi connectivity index (χ3v) is 3.32. The van der Waals surface area contributed by atoms with Crippen LogP contribution in [0.5, 0.6) is 5.75 Å². The number of halogens is 1. The molecule has 0 N–H and O–H groups in total. The Morgan fingerprint density at radius 2 is 2.31 bits per heavy atom. The SMILES string of the molecule is COc1ccc(-c2ncc(C=O)s2)c(Cl)c1. The Kier molecular flexibility index (Phi) is 3.22. The Hall–Kier alpha value is -1.39. The van der Waals surface area contributed by atoms with Gasteiger partial charge in [-0.15, -0.1) is 11.3 Å². The molecule has 0 aliphatic carbocycles. The number of thiazole rings is 1. The quantitative estimate of drug-likeness (QED) is 0.788. The van der Waals surface area contributed by atoms with E-state index in [0.29, 0.717) is 15.6 Å². The minimum atomic E-state index is 0.561. The van der Waals surface area contributed by atoms with Crippen LogP contribution in [0.4, 0.5) is 0 Å². The van der Waals surface area contributed by atoms with Crippen molar-refractivity contribution in [3.8, 4) is 16.3 Å². The van der Waals surface area contributed by atoms with Gasteiger partial charge < -0.3 is 4.74 Å². The number of hydrogen-bond acceptors (Lipinski definition) is 4. The highest BCUT2D eigenvalue weighted by Gasteiger charge is 2.09. The van der Waals surface area contributed by atoms with Crippen LogP contribution in [0.2, 0.25) is 5.02 Å². The summed E-state index contributed by atoms with van der Waals surface area (Å²) in [5.41, 5.74) is 0.806. The summed E-state index contributed by atoms with van der Waals surface area (Å²) in [6, 6.07) is 5.36. The van der Waals surface area contributed by atoms with Crippen LogP contribution in [0.25, 0.3) is 10.6 Å². The summed E-state index contributed by atoms with van der Waals surface area (Å²) in [5.74, 6) is 0.695. The van der Waals surface area contributed by atoms with Gasteiger partial charge in [-0.2, -0.15) is 0 Å². The van der Waals surface area contributed by atoms with Crippen molar-refractivity contribution in [2.45, 2.75) is 0 Å². The average Bonchev–Trinajstić information content (AvgIpc) is 2.77. The number of aldehydes is 1. The first-order chi connectivity index (χ1) is 7.74. The minimum Gasteiger partial charge on any atom is -0.497 e. The highest BCUT2D eigenvalue weighted by molar-refractivity contribution is 7.16. The van der Waals surface area contributed by atoms with E-state index >= 15 is 0 Å². The van der Waals surface area contributed by atoms with E-state index in [4.69, 9.17) is 16.3 Å².